The van der Waals surface area contributed by atoms with Crippen molar-refractivity contribution in [2.75, 3.05) is 5.32 Å². The zero-order valence-corrected chi connectivity index (χ0v) is 15.0. The number of thiazole rings is 1. The van der Waals surface area contributed by atoms with Crippen molar-refractivity contribution in [1.82, 2.24) is 15.0 Å². The summed E-state index contributed by atoms with van der Waals surface area (Å²) in [5.74, 6) is 0.437. The number of amides is 1. The Morgan fingerprint density at radius 3 is 2.83 bits per heavy atom. The molecule has 1 aromatic carbocycles. The predicted molar refractivity (Wildman–Crippen MR) is 95.8 cm³/mol. The van der Waals surface area contributed by atoms with Crippen LogP contribution in [0.5, 0.6) is 0 Å². The van der Waals surface area contributed by atoms with Crippen molar-refractivity contribution in [2.24, 2.45) is 0 Å². The Balaban J connectivity index is 1.72. The van der Waals surface area contributed by atoms with Crippen molar-refractivity contribution in [3.8, 4) is 0 Å². The lowest BCUT2D eigenvalue weighted by atomic mass is 10.2. The number of halogens is 1. The largest absolute Gasteiger partial charge is 0.296 e. The highest BCUT2D eigenvalue weighted by atomic mass is 79.9. The van der Waals surface area contributed by atoms with Gasteiger partial charge in [-0.05, 0) is 21.5 Å². The fourth-order valence-electron chi connectivity index (χ4n) is 1.74. The van der Waals surface area contributed by atoms with Crippen LogP contribution in [0.3, 0.4) is 0 Å². The number of nitrogens with zero attached hydrogens (tertiary/aromatic N) is 3. The lowest BCUT2D eigenvalue weighted by molar-refractivity contribution is 0.102. The maximum atomic E-state index is 12.3. The Morgan fingerprint density at radius 2 is 2.09 bits per heavy atom. The van der Waals surface area contributed by atoms with Gasteiger partial charge in [0.25, 0.3) is 5.91 Å². The van der Waals surface area contributed by atoms with Crippen LogP contribution in [0, 0.1) is 0 Å². The van der Waals surface area contributed by atoms with Gasteiger partial charge in [-0.2, -0.15) is 0 Å². The minimum absolute atomic E-state index is 0.297. The molecule has 0 bridgehead atoms. The third-order valence-electron chi connectivity index (χ3n) is 2.80. The van der Waals surface area contributed by atoms with E-state index >= 15 is 0 Å². The molecule has 0 aliphatic heterocycles. The van der Waals surface area contributed by atoms with Gasteiger partial charge in [0.2, 0.25) is 0 Å². The van der Waals surface area contributed by atoms with E-state index in [9.17, 15) is 4.79 Å². The second-order valence-electron chi connectivity index (χ2n) is 4.41. The average Bonchev–Trinajstić information content (AvgIpc) is 3.08. The zero-order chi connectivity index (χ0) is 16.1. The first-order valence-electron chi connectivity index (χ1n) is 6.62. The average molecular weight is 407 g/mol. The summed E-state index contributed by atoms with van der Waals surface area (Å²) in [6.07, 6.45) is 3.23. The number of rotatable bonds is 5. The number of thioether (sulfide) groups is 1. The molecule has 0 aliphatic rings. The number of aromatic nitrogens is 3. The molecule has 0 saturated carbocycles. The van der Waals surface area contributed by atoms with E-state index in [-0.39, 0.29) is 5.91 Å². The molecule has 1 amide bonds. The molecule has 0 saturated heterocycles. The van der Waals surface area contributed by atoms with Crippen LogP contribution in [0.25, 0.3) is 0 Å². The number of nitrogens with one attached hydrogen (secondary N) is 1. The standard InChI is InChI=1S/C15H11BrN4OS2/c16-11-8-18-15(23-9-10-4-2-1-3-5-10)19-12(11)13(21)20-14-17-6-7-22-14/h1-8H,9H2,(H,17,20,21). The van der Waals surface area contributed by atoms with Gasteiger partial charge in [0.05, 0.1) is 4.47 Å². The van der Waals surface area contributed by atoms with Gasteiger partial charge in [0.15, 0.2) is 10.3 Å². The van der Waals surface area contributed by atoms with Crippen LogP contribution in [0.4, 0.5) is 5.13 Å². The van der Waals surface area contributed by atoms with Crippen LogP contribution >= 0.6 is 39.0 Å². The molecule has 5 nitrogen and oxygen atoms in total. The lowest BCUT2D eigenvalue weighted by Crippen LogP contribution is -2.15. The van der Waals surface area contributed by atoms with E-state index in [1.807, 2.05) is 30.3 Å². The summed E-state index contributed by atoms with van der Waals surface area (Å²) in [5, 5.41) is 5.61. The first-order chi connectivity index (χ1) is 11.2. The summed E-state index contributed by atoms with van der Waals surface area (Å²) < 4.78 is 0.551. The van der Waals surface area contributed by atoms with Crippen LogP contribution in [0.2, 0.25) is 0 Å². The van der Waals surface area contributed by atoms with Crippen LogP contribution < -0.4 is 5.32 Å². The van der Waals surface area contributed by atoms with Crippen molar-refractivity contribution >= 4 is 50.1 Å². The Labute approximate surface area is 149 Å². The Hall–Kier alpha value is -1.77. The number of hydrogen-bond acceptors (Lipinski definition) is 6. The summed E-state index contributed by atoms with van der Waals surface area (Å²) in [6, 6.07) is 10.0. The second kappa shape index (κ2) is 7.67. The molecule has 0 spiro atoms. The van der Waals surface area contributed by atoms with Crippen LogP contribution in [0.15, 0.2) is 57.7 Å². The number of benzene rings is 1. The maximum absolute atomic E-state index is 12.3. The van der Waals surface area contributed by atoms with Crippen LogP contribution in [-0.2, 0) is 5.75 Å². The number of anilines is 1. The molecule has 2 heterocycles. The first kappa shape index (κ1) is 16.1. The fraction of sp³-hybridized carbons (Fsp3) is 0.0667. The molecular weight excluding hydrogens is 396 g/mol. The van der Waals surface area contributed by atoms with E-state index in [1.54, 1.807) is 17.8 Å². The molecule has 116 valence electrons. The SMILES string of the molecule is O=C(Nc1nccs1)c1nc(SCc2ccccc2)ncc1Br. The molecule has 2 aromatic heterocycles. The second-order valence-corrected chi connectivity index (χ2v) is 7.11. The summed E-state index contributed by atoms with van der Waals surface area (Å²) >= 11 is 6.16. The molecular formula is C15H11BrN4OS2. The number of hydrogen-bond donors (Lipinski definition) is 1. The smallest absolute Gasteiger partial charge is 0.277 e. The fourth-order valence-corrected chi connectivity index (χ4v) is 3.41. The van der Waals surface area contributed by atoms with E-state index in [4.69, 9.17) is 0 Å². The van der Waals surface area contributed by atoms with Crippen molar-refractivity contribution in [3.05, 3.63) is 63.8 Å². The molecule has 1 N–H and O–H groups in total. The Morgan fingerprint density at radius 1 is 1.26 bits per heavy atom. The van der Waals surface area contributed by atoms with Gasteiger partial charge in [-0.3, -0.25) is 10.1 Å². The highest BCUT2D eigenvalue weighted by Gasteiger charge is 2.15. The summed E-state index contributed by atoms with van der Waals surface area (Å²) in [5.41, 5.74) is 1.48. The lowest BCUT2D eigenvalue weighted by Gasteiger charge is -2.06. The molecule has 0 atom stereocenters. The monoisotopic (exact) mass is 406 g/mol. The molecule has 0 unspecified atom stereocenters. The zero-order valence-electron chi connectivity index (χ0n) is 11.8. The third kappa shape index (κ3) is 4.37. The summed E-state index contributed by atoms with van der Waals surface area (Å²) in [6.45, 7) is 0. The summed E-state index contributed by atoms with van der Waals surface area (Å²) in [4.78, 5) is 24.9. The molecule has 3 aromatic rings. The first-order valence-corrected chi connectivity index (χ1v) is 9.28. The van der Waals surface area contributed by atoms with Crippen molar-refractivity contribution < 1.29 is 4.79 Å². The predicted octanol–water partition coefficient (Wildman–Crippen LogP) is 4.24. The van der Waals surface area contributed by atoms with E-state index < -0.39 is 0 Å². The highest BCUT2D eigenvalue weighted by Crippen LogP contribution is 2.23. The molecule has 8 heteroatoms. The highest BCUT2D eigenvalue weighted by molar-refractivity contribution is 9.10. The van der Waals surface area contributed by atoms with E-state index in [0.29, 0.717) is 20.5 Å². The minimum atomic E-state index is -0.309. The minimum Gasteiger partial charge on any atom is -0.296 e. The maximum Gasteiger partial charge on any atom is 0.277 e. The Kier molecular flexibility index (Phi) is 5.37. The van der Waals surface area contributed by atoms with Gasteiger partial charge in [0, 0.05) is 23.5 Å². The van der Waals surface area contributed by atoms with Crippen molar-refractivity contribution in [1.29, 1.82) is 0 Å². The van der Waals surface area contributed by atoms with E-state index in [2.05, 4.69) is 36.2 Å². The van der Waals surface area contributed by atoms with E-state index in [0.717, 1.165) is 5.75 Å². The summed E-state index contributed by atoms with van der Waals surface area (Å²) in [7, 11) is 0. The Bertz CT molecular complexity index is 797. The number of carbonyl (C=O) groups excluding carboxylic acids is 1. The topological polar surface area (TPSA) is 67.8 Å². The van der Waals surface area contributed by atoms with Gasteiger partial charge in [0.1, 0.15) is 5.69 Å². The van der Waals surface area contributed by atoms with Crippen LogP contribution in [-0.4, -0.2) is 20.9 Å². The van der Waals surface area contributed by atoms with E-state index in [1.165, 1.54) is 28.7 Å². The normalized spacial score (nSPS) is 10.5. The number of carbonyl (C=O) groups is 1. The molecule has 0 radical (unpaired) electrons. The molecule has 23 heavy (non-hydrogen) atoms. The van der Waals surface area contributed by atoms with Crippen molar-refractivity contribution in [2.45, 2.75) is 10.9 Å². The van der Waals surface area contributed by atoms with Gasteiger partial charge >= 0.3 is 0 Å². The molecule has 3 rings (SSSR count). The van der Waals surface area contributed by atoms with Gasteiger partial charge in [-0.1, -0.05) is 42.1 Å². The molecule has 0 aliphatic carbocycles. The quantitative estimate of drug-likeness (QED) is 0.506. The third-order valence-corrected chi connectivity index (χ3v) is 5.00. The van der Waals surface area contributed by atoms with Crippen molar-refractivity contribution in [3.63, 3.8) is 0 Å². The van der Waals surface area contributed by atoms with Gasteiger partial charge in [-0.15, -0.1) is 11.3 Å². The van der Waals surface area contributed by atoms with Crippen LogP contribution in [0.1, 0.15) is 16.1 Å². The van der Waals surface area contributed by atoms with Gasteiger partial charge in [-0.25, -0.2) is 15.0 Å². The van der Waals surface area contributed by atoms with Gasteiger partial charge < -0.3 is 0 Å². The molecule has 0 fully saturated rings.